The van der Waals surface area contributed by atoms with Gasteiger partial charge in [0.25, 0.3) is 0 Å². The quantitative estimate of drug-likeness (QED) is 0.0470. The second kappa shape index (κ2) is 21.3. The van der Waals surface area contributed by atoms with E-state index in [2.05, 4.69) is 25.2 Å². The lowest BCUT2D eigenvalue weighted by atomic mass is 10.0. The zero-order valence-electron chi connectivity index (χ0n) is 31.8. The number of hydrogen-bond donors (Lipinski definition) is 5. The fraction of sp³-hybridized carbons (Fsp3) is 0.333. The third-order valence-electron chi connectivity index (χ3n) is 9.09. The smallest absolute Gasteiger partial charge is 0.408 e. The highest BCUT2D eigenvalue weighted by atomic mass is 31.0. The Balaban J connectivity index is 1.62. The van der Waals surface area contributed by atoms with Gasteiger partial charge in [-0.3, -0.25) is 9.79 Å². The molecule has 4 rings (SSSR count). The maximum absolute atomic E-state index is 14.0. The molecule has 5 N–H and O–H groups in total. The van der Waals surface area contributed by atoms with Crippen LogP contribution in [0.2, 0.25) is 0 Å². The van der Waals surface area contributed by atoms with Gasteiger partial charge in [0.2, 0.25) is 5.91 Å². The number of amides is 3. The molecular formula is C42H53N4O7PSi. The number of benzene rings is 4. The predicted molar refractivity (Wildman–Crippen MR) is 220 cm³/mol. The molecule has 0 spiro atoms. The van der Waals surface area contributed by atoms with E-state index in [0.29, 0.717) is 5.45 Å². The van der Waals surface area contributed by atoms with Crippen molar-refractivity contribution >= 4 is 41.3 Å². The minimum atomic E-state index is -4.63. The van der Waals surface area contributed by atoms with Crippen LogP contribution in [0.1, 0.15) is 49.9 Å². The molecule has 0 aromatic heterocycles. The topological polar surface area (TPSA) is 159 Å². The summed E-state index contributed by atoms with van der Waals surface area (Å²) in [7, 11) is -2.08. The Bertz CT molecular complexity index is 1820. The second-order valence-electron chi connectivity index (χ2n) is 14.1. The first-order valence-electron chi connectivity index (χ1n) is 18.4. The van der Waals surface area contributed by atoms with Gasteiger partial charge in [0.05, 0.1) is 22.8 Å². The molecule has 1 unspecified atom stereocenters. The average Bonchev–Trinajstić information content (AvgIpc) is 3.18. The highest BCUT2D eigenvalue weighted by molar-refractivity contribution is 7.41. The van der Waals surface area contributed by atoms with Crippen LogP contribution >= 0.6 is 9.24 Å². The number of alkyl carbamates (subject to hydrolysis) is 2. The largest absolute Gasteiger partial charge is 0.445 e. The monoisotopic (exact) mass is 784 g/mol. The van der Waals surface area contributed by atoms with Gasteiger partial charge in [-0.15, -0.1) is 0 Å². The molecule has 0 aliphatic rings. The number of hydrogen-bond acceptors (Lipinski definition) is 8. The lowest BCUT2D eigenvalue weighted by Gasteiger charge is -2.35. The third kappa shape index (κ3) is 13.7. The number of ether oxygens (including phenoxy) is 2. The van der Waals surface area contributed by atoms with Crippen LogP contribution in [-0.2, 0) is 40.3 Å². The molecule has 0 aliphatic heterocycles. The average molecular weight is 785 g/mol. The third-order valence-corrected chi connectivity index (χ3v) is 12.3. The molecule has 0 radical (unpaired) electrons. The van der Waals surface area contributed by atoms with Crippen molar-refractivity contribution in [2.24, 2.45) is 16.8 Å². The normalized spacial score (nSPS) is 14.0. The van der Waals surface area contributed by atoms with Crippen molar-refractivity contribution in [3.05, 3.63) is 144 Å². The molecule has 0 aliphatic carbocycles. The summed E-state index contributed by atoms with van der Waals surface area (Å²) in [5.41, 5.74) is 1.32. The molecule has 0 saturated heterocycles. The molecular weight excluding hydrogens is 732 g/mol. The Hall–Kier alpha value is -4.87. The van der Waals surface area contributed by atoms with Crippen LogP contribution in [0.4, 0.5) is 9.59 Å². The van der Waals surface area contributed by atoms with Crippen molar-refractivity contribution in [3.8, 4) is 0 Å². The molecule has 4 aromatic rings. The minimum Gasteiger partial charge on any atom is -0.445 e. The van der Waals surface area contributed by atoms with Crippen molar-refractivity contribution in [2.75, 3.05) is 0 Å². The van der Waals surface area contributed by atoms with E-state index in [-0.39, 0.29) is 37.9 Å². The van der Waals surface area contributed by atoms with Gasteiger partial charge >= 0.3 is 20.7 Å². The Morgan fingerprint density at radius 3 is 1.40 bits per heavy atom. The van der Waals surface area contributed by atoms with Crippen molar-refractivity contribution < 1.29 is 33.4 Å². The molecule has 3 amide bonds. The standard InChI is InChI=1S/C42H53N4O7PSi/c1-29(2)37(45-41(48)52-27-33-21-13-7-14-22-33)39(47)43-35(25-31-17-9-5-10-18-31)55(50,51)36(26-32-19-11-6-12-20-32)44-40(54)38(30(3)4)46-42(49)53-28-34-23-15-8-16-24-34/h5-24,29-30,35-38,50-51H,25-28,54H2,1-4H3,(H,43,47)(H,45,48)(H,46,49)/b44-40-/t35-,36-,37+,38+/m1/s1. The van der Waals surface area contributed by atoms with E-state index < -0.39 is 50.1 Å². The first kappa shape index (κ1) is 42.9. The van der Waals surface area contributed by atoms with Crippen LogP contribution in [0.25, 0.3) is 0 Å². The van der Waals surface area contributed by atoms with Gasteiger partial charge in [-0.1, -0.05) is 158 Å². The van der Waals surface area contributed by atoms with Crippen molar-refractivity contribution in [1.82, 2.24) is 16.0 Å². The van der Waals surface area contributed by atoms with Gasteiger partial charge in [-0.05, 0) is 46.9 Å². The van der Waals surface area contributed by atoms with E-state index in [1.807, 2.05) is 135 Å². The molecule has 55 heavy (non-hydrogen) atoms. The summed E-state index contributed by atoms with van der Waals surface area (Å²) in [5, 5.41) is 8.47. The summed E-state index contributed by atoms with van der Waals surface area (Å²) < 4.78 is 10.9. The zero-order valence-corrected chi connectivity index (χ0v) is 34.0. The van der Waals surface area contributed by atoms with E-state index in [1.165, 1.54) is 0 Å². The lowest BCUT2D eigenvalue weighted by molar-refractivity contribution is -0.124. The van der Waals surface area contributed by atoms with E-state index in [4.69, 9.17) is 14.5 Å². The van der Waals surface area contributed by atoms with Crippen molar-refractivity contribution in [1.29, 1.82) is 0 Å². The molecule has 0 saturated carbocycles. The van der Waals surface area contributed by atoms with Crippen LogP contribution in [-0.4, -0.2) is 65.1 Å². The molecule has 0 bridgehead atoms. The molecule has 11 nitrogen and oxygen atoms in total. The Labute approximate surface area is 327 Å². The van der Waals surface area contributed by atoms with Crippen LogP contribution < -0.4 is 16.0 Å². The number of nitrogens with one attached hydrogen (secondary N) is 3. The summed E-state index contributed by atoms with van der Waals surface area (Å²) in [4.78, 5) is 69.7. The molecule has 5 atom stereocenters. The highest BCUT2D eigenvalue weighted by Gasteiger charge is 2.49. The van der Waals surface area contributed by atoms with Crippen molar-refractivity contribution in [2.45, 2.75) is 77.2 Å². The van der Waals surface area contributed by atoms with Gasteiger partial charge in [-0.2, -0.15) is 0 Å². The number of carbonyl (C=O) groups is 3. The van der Waals surface area contributed by atoms with Crippen molar-refractivity contribution in [3.63, 3.8) is 0 Å². The van der Waals surface area contributed by atoms with E-state index in [9.17, 15) is 24.0 Å². The van der Waals surface area contributed by atoms with Gasteiger partial charge in [0.1, 0.15) is 19.3 Å². The molecule has 13 heteroatoms. The molecule has 0 heterocycles. The van der Waals surface area contributed by atoms with E-state index in [0.717, 1.165) is 22.3 Å². The van der Waals surface area contributed by atoms with Gasteiger partial charge < -0.3 is 35.0 Å². The lowest BCUT2D eigenvalue weighted by Crippen LogP contribution is -2.67. The fourth-order valence-corrected chi connectivity index (χ4v) is 8.97. The summed E-state index contributed by atoms with van der Waals surface area (Å²) in [6.45, 7) is 7.50. The van der Waals surface area contributed by atoms with Crippen LogP contribution in [0.5, 0.6) is 0 Å². The molecule has 0 fully saturated rings. The van der Waals surface area contributed by atoms with Crippen LogP contribution in [0, 0.1) is 11.8 Å². The Kier molecular flexibility index (Phi) is 16.6. The summed E-state index contributed by atoms with van der Waals surface area (Å²) in [6.07, 6.45) is -1.19. The molecule has 292 valence electrons. The van der Waals surface area contributed by atoms with Gasteiger partial charge in [-0.25, -0.2) is 9.59 Å². The first-order valence-corrected chi connectivity index (χ1v) is 21.1. The number of nitrogens with zero attached hydrogens (tertiary/aromatic N) is 1. The zero-order chi connectivity index (χ0) is 39.8. The molecule has 4 aromatic carbocycles. The highest BCUT2D eigenvalue weighted by Crippen LogP contribution is 2.23. The summed E-state index contributed by atoms with van der Waals surface area (Å²) >= 11 is 0. The fourth-order valence-electron chi connectivity index (χ4n) is 5.94. The van der Waals surface area contributed by atoms with Gasteiger partial charge in [0, 0.05) is 0 Å². The SMILES string of the molecule is CC(C)[C@H](NC(=O)OCc1ccccc1)C(=O)N[C@@H](Cc1ccccc1)[Si](O)(O)[C@H](Cc1ccccc1)/N=C(\P)[C@@H](NC(=O)OCc1ccccc1)C(C)C. The van der Waals surface area contributed by atoms with E-state index in [1.54, 1.807) is 13.8 Å². The van der Waals surface area contributed by atoms with E-state index >= 15 is 0 Å². The van der Waals surface area contributed by atoms with Gasteiger partial charge in [0.15, 0.2) is 0 Å². The summed E-state index contributed by atoms with van der Waals surface area (Å²) in [5.74, 6) is -1.11. The number of carbonyl (C=O) groups excluding carboxylic acids is 3. The van der Waals surface area contributed by atoms with Crippen LogP contribution in [0.15, 0.2) is 126 Å². The first-order chi connectivity index (χ1) is 26.3. The minimum absolute atomic E-state index is 0.0204. The Morgan fingerprint density at radius 1 is 0.600 bits per heavy atom. The summed E-state index contributed by atoms with van der Waals surface area (Å²) in [6, 6.07) is 35.4. The predicted octanol–water partition coefficient (Wildman–Crippen LogP) is 6.01. The maximum Gasteiger partial charge on any atom is 0.408 e. The maximum atomic E-state index is 14.0. The second-order valence-corrected chi connectivity index (χ2v) is 17.7. The number of rotatable bonds is 18. The number of aliphatic imine (C=N–C) groups is 1. The van der Waals surface area contributed by atoms with Crippen LogP contribution in [0.3, 0.4) is 0 Å². The Morgan fingerprint density at radius 2 is 0.982 bits per heavy atom.